The van der Waals surface area contributed by atoms with Crippen molar-refractivity contribution in [3.05, 3.63) is 65.0 Å². The Morgan fingerprint density at radius 3 is 2.54 bits per heavy atom. The minimum absolute atomic E-state index is 0.181. The molecule has 1 saturated heterocycles. The van der Waals surface area contributed by atoms with E-state index in [1.54, 1.807) is 6.07 Å². The first-order chi connectivity index (χ1) is 12.5. The van der Waals surface area contributed by atoms with Crippen LogP contribution in [0.15, 0.2) is 36.4 Å². The molecule has 0 amide bonds. The first-order valence-electron chi connectivity index (χ1n) is 8.20. The van der Waals surface area contributed by atoms with Gasteiger partial charge in [0.25, 0.3) is 0 Å². The van der Waals surface area contributed by atoms with Crippen molar-refractivity contribution in [2.24, 2.45) is 0 Å². The lowest BCUT2D eigenvalue weighted by Crippen LogP contribution is -2.39. The fraction of sp³-hybridized carbons (Fsp3) is 0.263. The molecule has 0 radical (unpaired) electrons. The second-order valence-electron chi connectivity index (χ2n) is 6.10. The maximum absolute atomic E-state index is 14.3. The molecule has 0 bridgehead atoms. The number of halogens is 2. The molecule has 1 aliphatic rings. The van der Waals surface area contributed by atoms with Gasteiger partial charge in [0.15, 0.2) is 5.82 Å². The van der Waals surface area contributed by atoms with Gasteiger partial charge < -0.3 is 15.3 Å². The quantitative estimate of drug-likeness (QED) is 0.802. The number of carbonyl (C=O) groups is 1. The van der Waals surface area contributed by atoms with Gasteiger partial charge in [-0.15, -0.1) is 0 Å². The average molecular weight is 357 g/mol. The Hall–Kier alpha value is -3.14. The Morgan fingerprint density at radius 2 is 1.88 bits per heavy atom. The fourth-order valence-corrected chi connectivity index (χ4v) is 3.14. The molecule has 2 aromatic carbocycles. The summed E-state index contributed by atoms with van der Waals surface area (Å²) in [4.78, 5) is 16.6. The van der Waals surface area contributed by atoms with E-state index < -0.39 is 28.9 Å². The highest BCUT2D eigenvalue weighted by Gasteiger charge is 2.24. The predicted molar refractivity (Wildman–Crippen MR) is 94.9 cm³/mol. The molecule has 1 aliphatic heterocycles. The van der Waals surface area contributed by atoms with E-state index in [2.05, 4.69) is 15.1 Å². The number of anilines is 2. The Kier molecular flexibility index (Phi) is 5.03. The number of benzene rings is 2. The predicted octanol–water partition coefficient (Wildman–Crippen LogP) is 4.29. The Balaban J connectivity index is 1.71. The Morgan fingerprint density at radius 1 is 1.19 bits per heavy atom. The van der Waals surface area contributed by atoms with Gasteiger partial charge in [0.1, 0.15) is 11.5 Å². The number of hydrogen-bond acceptors (Lipinski definition) is 3. The smallest absolute Gasteiger partial charge is 0.338 e. The van der Waals surface area contributed by atoms with Crippen LogP contribution in [0.1, 0.15) is 23.2 Å². The van der Waals surface area contributed by atoms with Crippen LogP contribution >= 0.6 is 0 Å². The van der Waals surface area contributed by atoms with Gasteiger partial charge in [-0.1, -0.05) is 18.2 Å². The van der Waals surface area contributed by atoms with E-state index in [9.17, 15) is 13.6 Å². The second-order valence-corrected chi connectivity index (χ2v) is 6.10. The lowest BCUT2D eigenvalue weighted by molar-refractivity contribution is 0.0692. The summed E-state index contributed by atoms with van der Waals surface area (Å²) in [6.45, 7) is 8.51. The zero-order valence-corrected chi connectivity index (χ0v) is 13.9. The maximum atomic E-state index is 14.3. The van der Waals surface area contributed by atoms with Gasteiger partial charge in [-0.25, -0.2) is 18.4 Å². The van der Waals surface area contributed by atoms with Crippen LogP contribution in [0.2, 0.25) is 0 Å². The monoisotopic (exact) mass is 357 g/mol. The van der Waals surface area contributed by atoms with Gasteiger partial charge in [-0.3, -0.25) is 0 Å². The molecule has 2 aromatic rings. The molecule has 134 valence electrons. The lowest BCUT2D eigenvalue weighted by Gasteiger charge is -2.35. The van der Waals surface area contributed by atoms with Crippen molar-refractivity contribution < 1.29 is 18.7 Å². The Labute approximate surface area is 149 Å². The van der Waals surface area contributed by atoms with E-state index in [0.717, 1.165) is 17.8 Å². The molecule has 1 heterocycles. The van der Waals surface area contributed by atoms with E-state index in [0.29, 0.717) is 31.6 Å². The van der Waals surface area contributed by atoms with Crippen LogP contribution < -0.4 is 10.2 Å². The topological polar surface area (TPSA) is 56.9 Å². The first kappa shape index (κ1) is 17.7. The molecule has 3 rings (SSSR count). The summed E-state index contributed by atoms with van der Waals surface area (Å²) in [5, 5.41) is 11.8. The van der Waals surface area contributed by atoms with Crippen LogP contribution in [0.25, 0.3) is 4.85 Å². The Bertz CT molecular complexity index is 872. The van der Waals surface area contributed by atoms with Gasteiger partial charge in [-0.2, -0.15) is 0 Å². The summed E-state index contributed by atoms with van der Waals surface area (Å²) in [6.07, 6.45) is 1.23. The van der Waals surface area contributed by atoms with Crippen molar-refractivity contribution >= 4 is 23.0 Å². The van der Waals surface area contributed by atoms with Crippen LogP contribution in [0.4, 0.5) is 25.8 Å². The zero-order chi connectivity index (χ0) is 18.7. The number of nitrogens with one attached hydrogen (secondary N) is 1. The summed E-state index contributed by atoms with van der Waals surface area (Å²) >= 11 is 0. The number of carboxylic acids is 1. The van der Waals surface area contributed by atoms with E-state index in [-0.39, 0.29) is 6.04 Å². The number of rotatable bonds is 4. The molecule has 7 heteroatoms. The van der Waals surface area contributed by atoms with E-state index in [1.807, 2.05) is 18.2 Å². The third-order valence-electron chi connectivity index (χ3n) is 4.51. The van der Waals surface area contributed by atoms with Crippen molar-refractivity contribution in [2.75, 3.05) is 23.3 Å². The number of nitrogens with zero attached hydrogens (tertiary/aromatic N) is 2. The van der Waals surface area contributed by atoms with E-state index in [1.165, 1.54) is 0 Å². The van der Waals surface area contributed by atoms with E-state index in [4.69, 9.17) is 11.7 Å². The van der Waals surface area contributed by atoms with Crippen molar-refractivity contribution in [3.8, 4) is 0 Å². The highest BCUT2D eigenvalue weighted by Crippen LogP contribution is 2.31. The van der Waals surface area contributed by atoms with Crippen LogP contribution in [-0.4, -0.2) is 30.2 Å². The number of carboxylic acid groups (broad SMARTS) is 1. The zero-order valence-electron chi connectivity index (χ0n) is 13.9. The number of piperidine rings is 1. The summed E-state index contributed by atoms with van der Waals surface area (Å²) < 4.78 is 28.2. The molecular weight excluding hydrogens is 340 g/mol. The highest BCUT2D eigenvalue weighted by molar-refractivity contribution is 5.89. The van der Waals surface area contributed by atoms with Crippen molar-refractivity contribution in [3.63, 3.8) is 0 Å². The van der Waals surface area contributed by atoms with E-state index >= 15 is 0 Å². The molecule has 1 fully saturated rings. The van der Waals surface area contributed by atoms with Crippen molar-refractivity contribution in [2.45, 2.75) is 18.9 Å². The molecule has 2 N–H and O–H groups in total. The fourth-order valence-electron chi connectivity index (χ4n) is 3.14. The summed E-state index contributed by atoms with van der Waals surface area (Å²) in [5.74, 6) is -3.33. The molecule has 0 unspecified atom stereocenters. The molecule has 26 heavy (non-hydrogen) atoms. The molecule has 0 saturated carbocycles. The number of para-hydroxylation sites is 2. The van der Waals surface area contributed by atoms with Gasteiger partial charge in [0.2, 0.25) is 5.69 Å². The maximum Gasteiger partial charge on any atom is 0.338 e. The van der Waals surface area contributed by atoms with Gasteiger partial charge in [-0.05, 0) is 31.0 Å². The molecule has 0 atom stereocenters. The summed E-state index contributed by atoms with van der Waals surface area (Å²) in [7, 11) is 0. The molecule has 0 aliphatic carbocycles. The SMILES string of the molecule is [C-]#[N+]c1ccccc1N1CCC(Nc2c(F)ccc(C(=O)O)c2F)CC1. The lowest BCUT2D eigenvalue weighted by atomic mass is 10.0. The van der Waals surface area contributed by atoms with Crippen molar-refractivity contribution in [1.29, 1.82) is 0 Å². The molecule has 5 nitrogen and oxygen atoms in total. The third kappa shape index (κ3) is 3.45. The first-order valence-corrected chi connectivity index (χ1v) is 8.20. The molecule has 0 aromatic heterocycles. The summed E-state index contributed by atoms with van der Waals surface area (Å²) in [6, 6.07) is 9.02. The number of hydrogen-bond donors (Lipinski definition) is 2. The largest absolute Gasteiger partial charge is 0.478 e. The summed E-state index contributed by atoms with van der Waals surface area (Å²) in [5.41, 5.74) is 0.471. The van der Waals surface area contributed by atoms with Crippen LogP contribution in [-0.2, 0) is 0 Å². The minimum Gasteiger partial charge on any atom is -0.478 e. The van der Waals surface area contributed by atoms with Crippen LogP contribution in [0.3, 0.4) is 0 Å². The minimum atomic E-state index is -1.43. The van der Waals surface area contributed by atoms with Crippen molar-refractivity contribution in [1.82, 2.24) is 0 Å². The van der Waals surface area contributed by atoms with Crippen LogP contribution in [0, 0.1) is 18.2 Å². The van der Waals surface area contributed by atoms with Crippen LogP contribution in [0.5, 0.6) is 0 Å². The third-order valence-corrected chi connectivity index (χ3v) is 4.51. The normalized spacial score (nSPS) is 14.7. The van der Waals surface area contributed by atoms with Gasteiger partial charge in [0, 0.05) is 24.8 Å². The van der Waals surface area contributed by atoms with Gasteiger partial charge >= 0.3 is 5.97 Å². The standard InChI is InChI=1S/C19H17F2N3O2/c1-22-15-4-2-3-5-16(15)24-10-8-12(9-11-24)23-18-14(20)7-6-13(17(18)21)19(25)26/h2-7,12,23H,8-11H2,(H,25,26). The highest BCUT2D eigenvalue weighted by atomic mass is 19.1. The molecular formula is C19H17F2N3O2. The second kappa shape index (κ2) is 7.40. The average Bonchev–Trinajstić information content (AvgIpc) is 2.65. The number of aromatic carboxylic acids is 1. The van der Waals surface area contributed by atoms with Gasteiger partial charge in [0.05, 0.1) is 12.1 Å². The molecule has 0 spiro atoms.